The highest BCUT2D eigenvalue weighted by molar-refractivity contribution is 6.31. The Morgan fingerprint density at radius 1 is 1.47 bits per heavy atom. The summed E-state index contributed by atoms with van der Waals surface area (Å²) in [6.45, 7) is 2.60. The minimum atomic E-state index is -0.257. The van der Waals surface area contributed by atoms with E-state index in [4.69, 9.17) is 11.6 Å². The number of benzene rings is 1. The van der Waals surface area contributed by atoms with Crippen LogP contribution in [-0.4, -0.2) is 22.0 Å². The molecule has 3 rings (SSSR count). The average Bonchev–Trinajstić information content (AvgIpc) is 3.05. The molecular weight excluding hydrogens is 262 g/mol. The molecule has 0 bridgehead atoms. The van der Waals surface area contributed by atoms with Crippen LogP contribution in [0.3, 0.4) is 0 Å². The van der Waals surface area contributed by atoms with Gasteiger partial charge in [0.2, 0.25) is 5.91 Å². The molecule has 1 aliphatic heterocycles. The van der Waals surface area contributed by atoms with E-state index in [2.05, 4.69) is 4.98 Å². The normalized spacial score (nSPS) is 15.4. The van der Waals surface area contributed by atoms with E-state index >= 15 is 0 Å². The van der Waals surface area contributed by atoms with Gasteiger partial charge < -0.3 is 9.47 Å². The predicted octanol–water partition coefficient (Wildman–Crippen LogP) is 2.69. The number of carbonyl (C=O) groups is 1. The lowest BCUT2D eigenvalue weighted by molar-refractivity contribution is -0.121. The Bertz CT molecular complexity index is 609. The number of fused-ring (bicyclic) bond motifs is 1. The maximum absolute atomic E-state index is 12.6. The Morgan fingerprint density at radius 2 is 2.32 bits per heavy atom. The molecule has 0 saturated carbocycles. The van der Waals surface area contributed by atoms with Gasteiger partial charge >= 0.3 is 0 Å². The summed E-state index contributed by atoms with van der Waals surface area (Å²) in [6.07, 6.45) is 6.03. The molecule has 1 amide bonds. The number of amides is 1. The summed E-state index contributed by atoms with van der Waals surface area (Å²) < 4.78 is 1.81. The number of halogens is 1. The number of carbonyl (C=O) groups excluding carboxylic acids is 1. The molecule has 0 N–H and O–H groups in total. The summed E-state index contributed by atoms with van der Waals surface area (Å²) >= 11 is 6.02. The molecule has 1 aliphatic rings. The van der Waals surface area contributed by atoms with Crippen molar-refractivity contribution in [2.75, 3.05) is 11.4 Å². The van der Waals surface area contributed by atoms with Gasteiger partial charge in [-0.25, -0.2) is 4.98 Å². The van der Waals surface area contributed by atoms with Crippen molar-refractivity contribution in [1.82, 2.24) is 9.55 Å². The number of hydrogen-bond donors (Lipinski definition) is 0. The molecule has 1 aromatic carbocycles. The fourth-order valence-electron chi connectivity index (χ4n) is 2.43. The molecule has 19 heavy (non-hydrogen) atoms. The minimum absolute atomic E-state index is 0.0685. The van der Waals surface area contributed by atoms with Crippen LogP contribution in [0.5, 0.6) is 0 Å². The van der Waals surface area contributed by atoms with E-state index in [1.165, 1.54) is 5.56 Å². The highest BCUT2D eigenvalue weighted by Gasteiger charge is 2.28. The Balaban J connectivity index is 1.89. The Labute approximate surface area is 116 Å². The second kappa shape index (κ2) is 4.70. The molecule has 1 unspecified atom stereocenters. The number of imidazole rings is 1. The summed E-state index contributed by atoms with van der Waals surface area (Å²) in [4.78, 5) is 18.3. The highest BCUT2D eigenvalue weighted by atomic mass is 35.5. The Kier molecular flexibility index (Phi) is 3.03. The fraction of sp³-hybridized carbons (Fsp3) is 0.286. The van der Waals surface area contributed by atoms with Gasteiger partial charge in [-0.3, -0.25) is 4.79 Å². The van der Waals surface area contributed by atoms with Crippen LogP contribution in [0.2, 0.25) is 5.02 Å². The maximum Gasteiger partial charge on any atom is 0.249 e. The zero-order chi connectivity index (χ0) is 13.4. The van der Waals surface area contributed by atoms with Gasteiger partial charge in [0, 0.05) is 29.6 Å². The monoisotopic (exact) mass is 275 g/mol. The molecule has 0 spiro atoms. The van der Waals surface area contributed by atoms with Crippen molar-refractivity contribution in [2.45, 2.75) is 19.4 Å². The minimum Gasteiger partial charge on any atom is -0.325 e. The smallest absolute Gasteiger partial charge is 0.249 e. The van der Waals surface area contributed by atoms with Gasteiger partial charge in [-0.15, -0.1) is 0 Å². The summed E-state index contributed by atoms with van der Waals surface area (Å²) in [5.74, 6) is 0.0685. The summed E-state index contributed by atoms with van der Waals surface area (Å²) in [5, 5.41) is 0.661. The molecule has 0 radical (unpaired) electrons. The lowest BCUT2D eigenvalue weighted by atomic mass is 10.2. The summed E-state index contributed by atoms with van der Waals surface area (Å²) in [6, 6.07) is 5.47. The third kappa shape index (κ3) is 2.12. The zero-order valence-electron chi connectivity index (χ0n) is 10.6. The molecule has 0 fully saturated rings. The van der Waals surface area contributed by atoms with Crippen molar-refractivity contribution in [3.63, 3.8) is 0 Å². The van der Waals surface area contributed by atoms with Gasteiger partial charge in [0.15, 0.2) is 0 Å². The number of anilines is 1. The topological polar surface area (TPSA) is 38.1 Å². The summed E-state index contributed by atoms with van der Waals surface area (Å²) in [7, 11) is 0. The molecule has 0 aliphatic carbocycles. The van der Waals surface area contributed by atoms with Crippen LogP contribution < -0.4 is 4.90 Å². The average molecular weight is 276 g/mol. The van der Waals surface area contributed by atoms with Crippen molar-refractivity contribution >= 4 is 23.2 Å². The van der Waals surface area contributed by atoms with Gasteiger partial charge in [0.25, 0.3) is 0 Å². The molecule has 2 heterocycles. The van der Waals surface area contributed by atoms with Gasteiger partial charge in [-0.2, -0.15) is 0 Å². The van der Waals surface area contributed by atoms with E-state index in [0.717, 1.165) is 12.1 Å². The van der Waals surface area contributed by atoms with Crippen molar-refractivity contribution in [1.29, 1.82) is 0 Å². The fourth-order valence-corrected chi connectivity index (χ4v) is 2.60. The number of nitrogens with zero attached hydrogens (tertiary/aromatic N) is 3. The van der Waals surface area contributed by atoms with Crippen LogP contribution in [-0.2, 0) is 11.2 Å². The lowest BCUT2D eigenvalue weighted by Gasteiger charge is -2.22. The molecule has 0 saturated heterocycles. The third-order valence-corrected chi connectivity index (χ3v) is 3.77. The van der Waals surface area contributed by atoms with Gasteiger partial charge in [0.05, 0.1) is 6.33 Å². The van der Waals surface area contributed by atoms with Crippen LogP contribution in [0.4, 0.5) is 5.69 Å². The van der Waals surface area contributed by atoms with E-state index in [-0.39, 0.29) is 11.9 Å². The standard InChI is InChI=1S/C14H14ClN3O/c1-10(17-7-5-16-9-17)14(19)18-6-4-11-2-3-12(15)8-13(11)18/h2-3,5,7-10H,4,6H2,1H3. The van der Waals surface area contributed by atoms with Crippen molar-refractivity contribution in [3.8, 4) is 0 Å². The first-order chi connectivity index (χ1) is 9.16. The van der Waals surface area contributed by atoms with Crippen molar-refractivity contribution in [2.24, 2.45) is 0 Å². The molecule has 2 aromatic rings. The van der Waals surface area contributed by atoms with Crippen LogP contribution in [0, 0.1) is 0 Å². The van der Waals surface area contributed by atoms with E-state index in [9.17, 15) is 4.79 Å². The van der Waals surface area contributed by atoms with E-state index < -0.39 is 0 Å². The van der Waals surface area contributed by atoms with Crippen LogP contribution >= 0.6 is 11.6 Å². The number of hydrogen-bond acceptors (Lipinski definition) is 2. The van der Waals surface area contributed by atoms with E-state index in [1.807, 2.05) is 34.6 Å². The highest BCUT2D eigenvalue weighted by Crippen LogP contribution is 2.32. The molecular formula is C14H14ClN3O. The zero-order valence-corrected chi connectivity index (χ0v) is 11.3. The first-order valence-corrected chi connectivity index (χ1v) is 6.62. The van der Waals surface area contributed by atoms with E-state index in [0.29, 0.717) is 11.6 Å². The van der Waals surface area contributed by atoms with Crippen molar-refractivity contribution < 1.29 is 4.79 Å². The predicted molar refractivity (Wildman–Crippen MR) is 74.4 cm³/mol. The second-order valence-corrected chi connectivity index (χ2v) is 5.14. The lowest BCUT2D eigenvalue weighted by Crippen LogP contribution is -2.34. The number of rotatable bonds is 2. The quantitative estimate of drug-likeness (QED) is 0.845. The Hall–Kier alpha value is -1.81. The molecule has 1 aromatic heterocycles. The van der Waals surface area contributed by atoms with Gasteiger partial charge in [-0.1, -0.05) is 17.7 Å². The first kappa shape index (κ1) is 12.2. The second-order valence-electron chi connectivity index (χ2n) is 4.70. The van der Waals surface area contributed by atoms with Crippen LogP contribution in [0.15, 0.2) is 36.9 Å². The summed E-state index contributed by atoms with van der Waals surface area (Å²) in [5.41, 5.74) is 2.11. The number of aromatic nitrogens is 2. The third-order valence-electron chi connectivity index (χ3n) is 3.54. The largest absolute Gasteiger partial charge is 0.325 e. The molecule has 4 nitrogen and oxygen atoms in total. The van der Waals surface area contributed by atoms with Crippen LogP contribution in [0.25, 0.3) is 0 Å². The Morgan fingerprint density at radius 3 is 3.05 bits per heavy atom. The molecule has 98 valence electrons. The maximum atomic E-state index is 12.6. The molecule has 1 atom stereocenters. The first-order valence-electron chi connectivity index (χ1n) is 6.24. The van der Waals surface area contributed by atoms with E-state index in [1.54, 1.807) is 18.7 Å². The SMILES string of the molecule is CC(C(=O)N1CCc2ccc(Cl)cc21)n1ccnc1. The van der Waals surface area contributed by atoms with Gasteiger partial charge in [-0.05, 0) is 31.0 Å². The molecule has 5 heteroatoms. The van der Waals surface area contributed by atoms with Crippen LogP contribution in [0.1, 0.15) is 18.5 Å². The van der Waals surface area contributed by atoms with Crippen molar-refractivity contribution in [3.05, 3.63) is 47.5 Å². The van der Waals surface area contributed by atoms with Gasteiger partial charge in [0.1, 0.15) is 6.04 Å².